The number of Topliss-reactive ketones (excluding diaryl/α,β-unsaturated/α-hetero) is 3. The minimum atomic E-state index is -1.74. The number of benzene rings is 1. The lowest BCUT2D eigenvalue weighted by Crippen LogP contribution is -2.74. The predicted octanol–water partition coefficient (Wildman–Crippen LogP) is 2.84. The van der Waals surface area contributed by atoms with Gasteiger partial charge in [-0.3, -0.25) is 14.4 Å². The third kappa shape index (κ3) is 2.41. The molecule has 32 heavy (non-hydrogen) atoms. The predicted molar refractivity (Wildman–Crippen MR) is 118 cm³/mol. The van der Waals surface area contributed by atoms with Crippen molar-refractivity contribution in [2.24, 2.45) is 11.3 Å². The summed E-state index contributed by atoms with van der Waals surface area (Å²) in [7, 11) is 3.06. The molecule has 5 atom stereocenters. The topological polar surface area (TPSA) is 113 Å². The van der Waals surface area contributed by atoms with Crippen molar-refractivity contribution in [3.05, 3.63) is 46.0 Å². The Morgan fingerprint density at radius 1 is 1.22 bits per heavy atom. The molecule has 0 aliphatic heterocycles. The highest BCUT2D eigenvalue weighted by atomic mass is 16.5. The van der Waals surface area contributed by atoms with E-state index in [2.05, 4.69) is 5.32 Å². The Labute approximate surface area is 187 Å². The van der Waals surface area contributed by atoms with Gasteiger partial charge in [0.1, 0.15) is 11.5 Å². The molecule has 0 bridgehead atoms. The van der Waals surface area contributed by atoms with Crippen LogP contribution in [0.2, 0.25) is 0 Å². The van der Waals surface area contributed by atoms with Crippen LogP contribution in [0.5, 0.6) is 5.75 Å². The Morgan fingerprint density at radius 3 is 2.44 bits per heavy atom. The molecule has 0 heterocycles. The normalized spacial score (nSPS) is 34.2. The van der Waals surface area contributed by atoms with Crippen molar-refractivity contribution < 1.29 is 29.3 Å². The Bertz CT molecular complexity index is 1130. The second-order valence-corrected chi connectivity index (χ2v) is 9.36. The molecule has 7 heteroatoms. The van der Waals surface area contributed by atoms with Crippen molar-refractivity contribution in [1.29, 1.82) is 0 Å². The fourth-order valence-corrected chi connectivity index (χ4v) is 6.48. The first-order chi connectivity index (χ1) is 15.0. The number of carbonyl (C=O) groups excluding carboxylic acids is 3. The van der Waals surface area contributed by atoms with Crippen molar-refractivity contribution >= 4 is 23.1 Å². The van der Waals surface area contributed by atoms with Gasteiger partial charge in [-0.2, -0.15) is 0 Å². The lowest BCUT2D eigenvalue weighted by atomic mass is 9.47. The Hall–Kier alpha value is -2.77. The van der Waals surface area contributed by atoms with E-state index in [1.807, 2.05) is 19.9 Å². The van der Waals surface area contributed by atoms with Crippen molar-refractivity contribution in [3.8, 4) is 5.75 Å². The molecule has 1 aromatic rings. The molecule has 0 radical (unpaired) electrons. The maximum atomic E-state index is 14.2. The van der Waals surface area contributed by atoms with Crippen molar-refractivity contribution in [2.75, 3.05) is 14.2 Å². The van der Waals surface area contributed by atoms with Crippen LogP contribution >= 0.6 is 0 Å². The molecule has 1 saturated carbocycles. The average molecular weight is 440 g/mol. The highest BCUT2D eigenvalue weighted by Gasteiger charge is 2.69. The van der Waals surface area contributed by atoms with Gasteiger partial charge < -0.3 is 20.3 Å². The maximum absolute atomic E-state index is 14.2. The summed E-state index contributed by atoms with van der Waals surface area (Å²) < 4.78 is 6.00. The molecule has 0 aromatic heterocycles. The number of phenolic OH excluding ortho intramolecular Hbond substituents is 1. The molecule has 0 spiro atoms. The number of allylic oxidation sites excluding steroid dienone is 1. The zero-order chi connectivity index (χ0) is 23.7. The molecular weight excluding hydrogens is 410 g/mol. The van der Waals surface area contributed by atoms with Crippen LogP contribution in [0.1, 0.15) is 51.2 Å². The van der Waals surface area contributed by atoms with E-state index in [4.69, 9.17) is 4.74 Å². The lowest BCUT2D eigenvalue weighted by molar-refractivity contribution is -0.153. The van der Waals surface area contributed by atoms with Crippen LogP contribution in [0.4, 0.5) is 0 Å². The van der Waals surface area contributed by atoms with Crippen LogP contribution in [0.25, 0.3) is 5.76 Å². The summed E-state index contributed by atoms with van der Waals surface area (Å²) in [6.45, 7) is 6.87. The summed E-state index contributed by atoms with van der Waals surface area (Å²) in [5.41, 5.74) is -1.10. The average Bonchev–Trinajstić information content (AvgIpc) is 2.72. The largest absolute Gasteiger partial charge is 0.507 e. The maximum Gasteiger partial charge on any atom is 0.194 e. The minimum absolute atomic E-state index is 0.0228. The standard InChI is InChI=1S/C25H29NO6/c1-11-10-15-23(32-6)24(4)12(2)14-8-7-9-16(28)18(14)20(29)19(24)22(31)25(15,26-5)21(30)17(11)13(3)27/h7-9,12,15,23,26,28-29H,10H2,1-6H3/t12-,15?,23?,24+,25+/m0/s1. The molecule has 7 nitrogen and oxygen atoms in total. The number of aromatic hydroxyl groups is 1. The molecule has 2 unspecified atom stereocenters. The Morgan fingerprint density at radius 2 is 1.88 bits per heavy atom. The van der Waals surface area contributed by atoms with Gasteiger partial charge in [-0.05, 0) is 44.9 Å². The third-order valence-electron chi connectivity index (χ3n) is 8.09. The van der Waals surface area contributed by atoms with Gasteiger partial charge in [-0.25, -0.2) is 0 Å². The summed E-state index contributed by atoms with van der Waals surface area (Å²) in [5, 5.41) is 24.8. The zero-order valence-corrected chi connectivity index (χ0v) is 19.2. The van der Waals surface area contributed by atoms with E-state index in [0.29, 0.717) is 17.6 Å². The highest BCUT2D eigenvalue weighted by molar-refractivity contribution is 6.34. The molecule has 0 amide bonds. The van der Waals surface area contributed by atoms with Gasteiger partial charge in [0.25, 0.3) is 0 Å². The van der Waals surface area contributed by atoms with Crippen LogP contribution in [-0.2, 0) is 19.1 Å². The van der Waals surface area contributed by atoms with Crippen LogP contribution in [0.15, 0.2) is 34.9 Å². The summed E-state index contributed by atoms with van der Waals surface area (Å²) in [6.07, 6.45) is -0.294. The number of ether oxygens (including phenoxy) is 1. The fraction of sp³-hybridized carbons (Fsp3) is 0.480. The molecule has 3 aliphatic carbocycles. The van der Waals surface area contributed by atoms with Crippen LogP contribution < -0.4 is 5.32 Å². The first kappa shape index (κ1) is 22.4. The van der Waals surface area contributed by atoms with E-state index in [1.54, 1.807) is 13.0 Å². The quantitative estimate of drug-likeness (QED) is 0.490. The van der Waals surface area contributed by atoms with Gasteiger partial charge >= 0.3 is 0 Å². The van der Waals surface area contributed by atoms with E-state index >= 15 is 0 Å². The van der Waals surface area contributed by atoms with Gasteiger partial charge in [-0.15, -0.1) is 0 Å². The second-order valence-electron chi connectivity index (χ2n) is 9.36. The van der Waals surface area contributed by atoms with Crippen molar-refractivity contribution in [1.82, 2.24) is 5.32 Å². The first-order valence-corrected chi connectivity index (χ1v) is 10.8. The summed E-state index contributed by atoms with van der Waals surface area (Å²) in [5.74, 6) is -2.92. The SMILES string of the molecule is CN[C@@]12C(=O)C(C(C)=O)=C(C)CC1C(OC)[C@@]1(C)C(=C(O)c3c(O)cccc3[C@@H]1C)C2=O. The van der Waals surface area contributed by atoms with Crippen molar-refractivity contribution in [3.63, 3.8) is 0 Å². The number of aliphatic hydroxyl groups excluding tert-OH is 1. The van der Waals surface area contributed by atoms with E-state index in [9.17, 15) is 24.6 Å². The molecule has 0 saturated heterocycles. The van der Waals surface area contributed by atoms with E-state index in [-0.39, 0.29) is 34.1 Å². The third-order valence-corrected chi connectivity index (χ3v) is 8.09. The number of nitrogens with one attached hydrogen (secondary N) is 1. The van der Waals surface area contributed by atoms with Gasteiger partial charge in [0, 0.05) is 24.0 Å². The number of aliphatic hydroxyl groups is 1. The van der Waals surface area contributed by atoms with Crippen LogP contribution in [0, 0.1) is 11.3 Å². The van der Waals surface area contributed by atoms with Crippen LogP contribution in [0.3, 0.4) is 0 Å². The number of ketones is 3. The molecule has 4 rings (SSSR count). The number of fused-ring (bicyclic) bond motifs is 3. The number of rotatable bonds is 3. The highest BCUT2D eigenvalue weighted by Crippen LogP contribution is 2.62. The number of hydrogen-bond acceptors (Lipinski definition) is 7. The lowest BCUT2D eigenvalue weighted by Gasteiger charge is -2.58. The second kappa shape index (κ2) is 7.12. The van der Waals surface area contributed by atoms with Gasteiger partial charge in [0.15, 0.2) is 22.9 Å². The molecule has 3 N–H and O–H groups in total. The number of carbonyl (C=O) groups is 3. The van der Waals surface area contributed by atoms with E-state index < -0.39 is 40.3 Å². The number of methoxy groups -OCH3 is 1. The monoisotopic (exact) mass is 439 g/mol. The van der Waals surface area contributed by atoms with Gasteiger partial charge in [0.2, 0.25) is 0 Å². The minimum Gasteiger partial charge on any atom is -0.507 e. The number of hydrogen-bond donors (Lipinski definition) is 3. The molecule has 1 fully saturated rings. The Balaban J connectivity index is 2.10. The molecule has 3 aliphatic rings. The van der Waals surface area contributed by atoms with Crippen molar-refractivity contribution in [2.45, 2.75) is 51.7 Å². The zero-order valence-electron chi connectivity index (χ0n) is 19.2. The first-order valence-electron chi connectivity index (χ1n) is 10.8. The summed E-state index contributed by atoms with van der Waals surface area (Å²) >= 11 is 0. The Kier molecular flexibility index (Phi) is 4.99. The summed E-state index contributed by atoms with van der Waals surface area (Å²) in [6, 6.07) is 4.97. The smallest absolute Gasteiger partial charge is 0.194 e. The fourth-order valence-electron chi connectivity index (χ4n) is 6.48. The number of likely N-dealkylation sites (N-methyl/N-ethyl adjacent to an activating group) is 1. The molecule has 170 valence electrons. The van der Waals surface area contributed by atoms with E-state index in [0.717, 1.165) is 0 Å². The molecule has 1 aromatic carbocycles. The number of phenols is 1. The van der Waals surface area contributed by atoms with Gasteiger partial charge in [0.05, 0.1) is 17.2 Å². The van der Waals surface area contributed by atoms with Gasteiger partial charge in [-0.1, -0.05) is 31.6 Å². The van der Waals surface area contributed by atoms with E-state index in [1.165, 1.54) is 27.1 Å². The van der Waals surface area contributed by atoms with Crippen LogP contribution in [-0.4, -0.2) is 53.4 Å². The molecular formula is C25H29NO6. The summed E-state index contributed by atoms with van der Waals surface area (Å²) in [4.78, 5) is 40.3.